The molecule has 1 aromatic carbocycles. The molecule has 3 nitrogen and oxygen atoms in total. The molecule has 0 amide bonds. The van der Waals surface area contributed by atoms with Crippen LogP contribution in [0.25, 0.3) is 0 Å². The van der Waals surface area contributed by atoms with Gasteiger partial charge in [-0.15, -0.1) is 0 Å². The van der Waals surface area contributed by atoms with Crippen molar-refractivity contribution in [3.63, 3.8) is 0 Å². The minimum Gasteiger partial charge on any atom is -0.298 e. The lowest BCUT2D eigenvalue weighted by Gasteiger charge is -2.15. The van der Waals surface area contributed by atoms with Gasteiger partial charge >= 0.3 is 0 Å². The molecule has 0 bridgehead atoms. The first kappa shape index (κ1) is 12.6. The second-order valence-corrected chi connectivity index (χ2v) is 5.48. The highest BCUT2D eigenvalue weighted by Gasteiger charge is 2.21. The molecular weight excluding hydrogens is 224 g/mol. The zero-order chi connectivity index (χ0) is 13.2. The van der Waals surface area contributed by atoms with Gasteiger partial charge in [-0.05, 0) is 5.56 Å². The predicted octanol–water partition coefficient (Wildman–Crippen LogP) is 3.04. The van der Waals surface area contributed by atoms with E-state index in [9.17, 15) is 4.79 Å². The Labute approximate surface area is 107 Å². The maximum absolute atomic E-state index is 11.1. The average molecular weight is 242 g/mol. The van der Waals surface area contributed by atoms with Crippen molar-refractivity contribution in [2.75, 3.05) is 0 Å². The van der Waals surface area contributed by atoms with Crippen molar-refractivity contribution >= 4 is 6.29 Å². The van der Waals surface area contributed by atoms with Crippen molar-refractivity contribution in [1.82, 2.24) is 9.78 Å². The molecular formula is C15H18N2O. The average Bonchev–Trinajstić information content (AvgIpc) is 2.73. The highest BCUT2D eigenvalue weighted by atomic mass is 16.1. The Balaban J connectivity index is 2.31. The molecule has 0 unspecified atom stereocenters. The van der Waals surface area contributed by atoms with Crippen molar-refractivity contribution in [2.24, 2.45) is 0 Å². The van der Waals surface area contributed by atoms with Crippen LogP contribution in [0.3, 0.4) is 0 Å². The van der Waals surface area contributed by atoms with Gasteiger partial charge in [0, 0.05) is 11.6 Å². The lowest BCUT2D eigenvalue weighted by atomic mass is 9.90. The molecule has 0 spiro atoms. The van der Waals surface area contributed by atoms with E-state index in [0.717, 1.165) is 12.0 Å². The van der Waals surface area contributed by atoms with Gasteiger partial charge in [0.15, 0.2) is 6.29 Å². The Morgan fingerprint density at radius 3 is 2.39 bits per heavy atom. The Bertz CT molecular complexity index is 535. The molecule has 0 aliphatic rings. The molecule has 0 radical (unpaired) electrons. The van der Waals surface area contributed by atoms with E-state index >= 15 is 0 Å². The lowest BCUT2D eigenvalue weighted by molar-refractivity contribution is 0.112. The Morgan fingerprint density at radius 1 is 1.22 bits per heavy atom. The summed E-state index contributed by atoms with van der Waals surface area (Å²) in [5, 5.41) is 4.53. The number of aromatic nitrogens is 2. The molecule has 0 atom stereocenters. The van der Waals surface area contributed by atoms with E-state index in [4.69, 9.17) is 0 Å². The molecule has 0 saturated heterocycles. The van der Waals surface area contributed by atoms with Crippen molar-refractivity contribution in [2.45, 2.75) is 32.7 Å². The van der Waals surface area contributed by atoms with Crippen molar-refractivity contribution < 1.29 is 4.79 Å². The number of aldehydes is 1. The molecule has 2 aromatic rings. The fourth-order valence-corrected chi connectivity index (χ4v) is 1.96. The van der Waals surface area contributed by atoms with Crippen LogP contribution in [0.1, 0.15) is 42.4 Å². The van der Waals surface area contributed by atoms with Crippen LogP contribution in [-0.2, 0) is 12.0 Å². The summed E-state index contributed by atoms with van der Waals surface area (Å²) in [6, 6.07) is 10.1. The van der Waals surface area contributed by atoms with Crippen LogP contribution in [0.4, 0.5) is 0 Å². The summed E-state index contributed by atoms with van der Waals surface area (Å²) >= 11 is 0. The number of rotatable bonds is 3. The number of carbonyl (C=O) groups is 1. The zero-order valence-electron chi connectivity index (χ0n) is 11.1. The number of hydrogen-bond acceptors (Lipinski definition) is 2. The van der Waals surface area contributed by atoms with Crippen LogP contribution >= 0.6 is 0 Å². The largest absolute Gasteiger partial charge is 0.298 e. The van der Waals surface area contributed by atoms with Crippen LogP contribution in [0.15, 0.2) is 36.5 Å². The summed E-state index contributed by atoms with van der Waals surface area (Å²) in [6.07, 6.45) is 2.70. The summed E-state index contributed by atoms with van der Waals surface area (Å²) in [6.45, 7) is 6.89. The SMILES string of the molecule is CC(C)(C)c1nn(Cc2ccccc2)cc1C=O. The molecule has 0 N–H and O–H groups in total. The lowest BCUT2D eigenvalue weighted by Crippen LogP contribution is -2.15. The standard InChI is InChI=1S/C15H18N2O/c1-15(2,3)14-13(11-18)10-17(16-14)9-12-7-5-4-6-8-12/h4-8,10-11H,9H2,1-3H3. The maximum atomic E-state index is 11.1. The van der Waals surface area contributed by atoms with E-state index in [1.54, 1.807) is 0 Å². The van der Waals surface area contributed by atoms with Gasteiger partial charge in [-0.3, -0.25) is 9.48 Å². The van der Waals surface area contributed by atoms with E-state index in [-0.39, 0.29) is 5.41 Å². The first-order valence-corrected chi connectivity index (χ1v) is 6.08. The van der Waals surface area contributed by atoms with E-state index < -0.39 is 0 Å². The Kier molecular flexibility index (Phi) is 3.32. The van der Waals surface area contributed by atoms with Crippen molar-refractivity contribution in [3.8, 4) is 0 Å². The van der Waals surface area contributed by atoms with Gasteiger partial charge in [-0.25, -0.2) is 0 Å². The molecule has 2 rings (SSSR count). The molecule has 94 valence electrons. The maximum Gasteiger partial charge on any atom is 0.153 e. The van der Waals surface area contributed by atoms with Crippen LogP contribution in [0, 0.1) is 0 Å². The molecule has 0 saturated carbocycles. The number of nitrogens with zero attached hydrogens (tertiary/aromatic N) is 2. The van der Waals surface area contributed by atoms with Gasteiger partial charge in [0.2, 0.25) is 0 Å². The van der Waals surface area contributed by atoms with Gasteiger partial charge < -0.3 is 0 Å². The fourth-order valence-electron chi connectivity index (χ4n) is 1.96. The van der Waals surface area contributed by atoms with E-state index in [1.807, 2.05) is 29.1 Å². The zero-order valence-corrected chi connectivity index (χ0v) is 11.1. The molecule has 0 aliphatic carbocycles. The first-order valence-electron chi connectivity index (χ1n) is 6.08. The first-order chi connectivity index (χ1) is 8.50. The third-order valence-electron chi connectivity index (χ3n) is 2.81. The molecule has 1 aromatic heterocycles. The van der Waals surface area contributed by atoms with Gasteiger partial charge in [-0.2, -0.15) is 5.10 Å². The third kappa shape index (κ3) is 2.67. The summed E-state index contributed by atoms with van der Waals surface area (Å²) in [4.78, 5) is 11.1. The summed E-state index contributed by atoms with van der Waals surface area (Å²) < 4.78 is 1.83. The predicted molar refractivity (Wildman–Crippen MR) is 71.9 cm³/mol. The van der Waals surface area contributed by atoms with Crippen LogP contribution in [-0.4, -0.2) is 16.1 Å². The molecule has 0 fully saturated rings. The summed E-state index contributed by atoms with van der Waals surface area (Å²) in [7, 11) is 0. The second-order valence-electron chi connectivity index (χ2n) is 5.48. The normalized spacial score (nSPS) is 11.5. The summed E-state index contributed by atoms with van der Waals surface area (Å²) in [5.74, 6) is 0. The van der Waals surface area contributed by atoms with Crippen molar-refractivity contribution in [1.29, 1.82) is 0 Å². The van der Waals surface area contributed by atoms with E-state index in [2.05, 4.69) is 38.0 Å². The number of hydrogen-bond donors (Lipinski definition) is 0. The highest BCUT2D eigenvalue weighted by molar-refractivity contribution is 5.76. The molecule has 1 heterocycles. The quantitative estimate of drug-likeness (QED) is 0.775. The van der Waals surface area contributed by atoms with Crippen LogP contribution in [0.2, 0.25) is 0 Å². The Hall–Kier alpha value is -1.90. The molecule has 3 heteroatoms. The minimum atomic E-state index is -0.113. The molecule has 0 aliphatic heterocycles. The number of carbonyl (C=O) groups excluding carboxylic acids is 1. The number of benzene rings is 1. The summed E-state index contributed by atoms with van der Waals surface area (Å²) in [5.41, 5.74) is 2.60. The van der Waals surface area contributed by atoms with Gasteiger partial charge in [0.1, 0.15) is 0 Å². The Morgan fingerprint density at radius 2 is 1.89 bits per heavy atom. The molecule has 18 heavy (non-hydrogen) atoms. The van der Waals surface area contributed by atoms with Crippen LogP contribution in [0.5, 0.6) is 0 Å². The smallest absolute Gasteiger partial charge is 0.153 e. The monoisotopic (exact) mass is 242 g/mol. The topological polar surface area (TPSA) is 34.9 Å². The van der Waals surface area contributed by atoms with Gasteiger partial charge in [-0.1, -0.05) is 51.1 Å². The van der Waals surface area contributed by atoms with Gasteiger partial charge in [0.05, 0.1) is 17.8 Å². The van der Waals surface area contributed by atoms with E-state index in [1.165, 1.54) is 5.56 Å². The van der Waals surface area contributed by atoms with Gasteiger partial charge in [0.25, 0.3) is 0 Å². The van der Waals surface area contributed by atoms with Crippen LogP contribution < -0.4 is 0 Å². The van der Waals surface area contributed by atoms with Crippen molar-refractivity contribution in [3.05, 3.63) is 53.3 Å². The minimum absolute atomic E-state index is 0.113. The third-order valence-corrected chi connectivity index (χ3v) is 2.81. The fraction of sp³-hybridized carbons (Fsp3) is 0.333. The highest BCUT2D eigenvalue weighted by Crippen LogP contribution is 2.23. The van der Waals surface area contributed by atoms with E-state index in [0.29, 0.717) is 12.1 Å². The second kappa shape index (κ2) is 4.77.